The van der Waals surface area contributed by atoms with Crippen LogP contribution in [0, 0.1) is 13.8 Å². The van der Waals surface area contributed by atoms with E-state index >= 15 is 0 Å². The van der Waals surface area contributed by atoms with E-state index in [2.05, 4.69) is 46.1 Å². The lowest BCUT2D eigenvalue weighted by Crippen LogP contribution is -2.12. The standard InChI is InChI=1S/C20H20N2O3S2/c1-13-4-6-15(7-5-13)20-22-21-18(27-20)12-26-16-8-9-17(14(2)10-16)25-11-19(23)24-3/h4-10H,11-12H2,1-3H3. The number of hydrogen-bond donors (Lipinski definition) is 0. The molecule has 0 fully saturated rings. The van der Waals surface area contributed by atoms with Crippen LogP contribution in [0.4, 0.5) is 0 Å². The molecule has 5 nitrogen and oxygen atoms in total. The Bertz CT molecular complexity index is 923. The van der Waals surface area contributed by atoms with E-state index in [9.17, 15) is 4.79 Å². The second-order valence-corrected chi connectivity index (χ2v) is 8.06. The molecule has 0 atom stereocenters. The molecule has 0 amide bonds. The van der Waals surface area contributed by atoms with Crippen molar-refractivity contribution in [3.05, 3.63) is 58.6 Å². The molecule has 2 aromatic carbocycles. The quantitative estimate of drug-likeness (QED) is 0.424. The van der Waals surface area contributed by atoms with Crippen LogP contribution in [0.2, 0.25) is 0 Å². The predicted octanol–water partition coefficient (Wildman–Crippen LogP) is 4.67. The highest BCUT2D eigenvalue weighted by atomic mass is 32.2. The molecular formula is C20H20N2O3S2. The maximum atomic E-state index is 11.2. The first kappa shape index (κ1) is 19.4. The fourth-order valence-electron chi connectivity index (χ4n) is 2.34. The number of ether oxygens (including phenoxy) is 2. The summed E-state index contributed by atoms with van der Waals surface area (Å²) in [6.07, 6.45) is 0. The zero-order chi connectivity index (χ0) is 19.2. The normalized spacial score (nSPS) is 10.6. The highest BCUT2D eigenvalue weighted by Crippen LogP contribution is 2.31. The van der Waals surface area contributed by atoms with Crippen LogP contribution in [0.5, 0.6) is 5.75 Å². The van der Waals surface area contributed by atoms with Gasteiger partial charge >= 0.3 is 5.97 Å². The average molecular weight is 401 g/mol. The summed E-state index contributed by atoms with van der Waals surface area (Å²) in [5, 5.41) is 10.5. The molecule has 27 heavy (non-hydrogen) atoms. The molecule has 0 saturated heterocycles. The molecule has 0 saturated carbocycles. The number of carbonyl (C=O) groups excluding carboxylic acids is 1. The Morgan fingerprint density at radius 2 is 1.89 bits per heavy atom. The van der Waals surface area contributed by atoms with Crippen molar-refractivity contribution in [2.45, 2.75) is 24.5 Å². The van der Waals surface area contributed by atoms with Crippen molar-refractivity contribution >= 4 is 29.1 Å². The van der Waals surface area contributed by atoms with Gasteiger partial charge in [-0.1, -0.05) is 41.2 Å². The predicted molar refractivity (Wildman–Crippen MR) is 108 cm³/mol. The fourth-order valence-corrected chi connectivity index (χ4v) is 4.16. The second kappa shape index (κ2) is 9.01. The Balaban J connectivity index is 1.59. The van der Waals surface area contributed by atoms with E-state index in [-0.39, 0.29) is 6.61 Å². The number of aromatic nitrogens is 2. The summed E-state index contributed by atoms with van der Waals surface area (Å²) in [5.41, 5.74) is 3.30. The van der Waals surface area contributed by atoms with Crippen LogP contribution in [0.25, 0.3) is 10.6 Å². The van der Waals surface area contributed by atoms with Crippen LogP contribution in [-0.4, -0.2) is 29.9 Å². The summed E-state index contributed by atoms with van der Waals surface area (Å²) in [5.74, 6) is 1.04. The minimum absolute atomic E-state index is 0.0869. The van der Waals surface area contributed by atoms with Gasteiger partial charge in [-0.3, -0.25) is 0 Å². The summed E-state index contributed by atoms with van der Waals surface area (Å²) in [4.78, 5) is 12.3. The lowest BCUT2D eigenvalue weighted by Gasteiger charge is -2.09. The van der Waals surface area contributed by atoms with Gasteiger partial charge in [-0.25, -0.2) is 4.79 Å². The Kier molecular flexibility index (Phi) is 6.47. The number of nitrogens with zero attached hydrogens (tertiary/aromatic N) is 2. The first-order valence-corrected chi connectivity index (χ1v) is 10.2. The van der Waals surface area contributed by atoms with Crippen molar-refractivity contribution in [3.8, 4) is 16.3 Å². The zero-order valence-corrected chi connectivity index (χ0v) is 17.0. The van der Waals surface area contributed by atoms with Crippen molar-refractivity contribution in [2.75, 3.05) is 13.7 Å². The number of thioether (sulfide) groups is 1. The average Bonchev–Trinajstić information content (AvgIpc) is 3.15. The molecular weight excluding hydrogens is 380 g/mol. The SMILES string of the molecule is COC(=O)COc1ccc(SCc2nnc(-c3ccc(C)cc3)s2)cc1C. The number of hydrogen-bond acceptors (Lipinski definition) is 7. The van der Waals surface area contributed by atoms with E-state index in [0.717, 1.165) is 31.8 Å². The van der Waals surface area contributed by atoms with E-state index < -0.39 is 5.97 Å². The molecule has 0 aliphatic rings. The van der Waals surface area contributed by atoms with Crippen LogP contribution in [0.3, 0.4) is 0 Å². The molecule has 0 radical (unpaired) electrons. The number of aryl methyl sites for hydroxylation is 2. The van der Waals surface area contributed by atoms with Gasteiger partial charge in [0.2, 0.25) is 0 Å². The maximum Gasteiger partial charge on any atom is 0.343 e. The van der Waals surface area contributed by atoms with Crippen LogP contribution in [0.15, 0.2) is 47.4 Å². The molecule has 0 spiro atoms. The van der Waals surface area contributed by atoms with Crippen LogP contribution in [-0.2, 0) is 15.3 Å². The van der Waals surface area contributed by atoms with Gasteiger partial charge in [0, 0.05) is 10.5 Å². The van der Waals surface area contributed by atoms with Gasteiger partial charge in [-0.05, 0) is 37.6 Å². The van der Waals surface area contributed by atoms with Gasteiger partial charge in [-0.2, -0.15) is 0 Å². The summed E-state index contributed by atoms with van der Waals surface area (Å²) >= 11 is 3.31. The first-order valence-electron chi connectivity index (χ1n) is 8.37. The number of benzene rings is 2. The third-order valence-electron chi connectivity index (χ3n) is 3.85. The number of rotatable bonds is 7. The molecule has 3 rings (SSSR count). The van der Waals surface area contributed by atoms with Crippen LogP contribution >= 0.6 is 23.1 Å². The zero-order valence-electron chi connectivity index (χ0n) is 15.4. The van der Waals surface area contributed by atoms with Gasteiger partial charge < -0.3 is 9.47 Å². The minimum atomic E-state index is -0.395. The largest absolute Gasteiger partial charge is 0.482 e. The molecule has 3 aromatic rings. The van der Waals surface area contributed by atoms with Gasteiger partial charge in [0.25, 0.3) is 0 Å². The fraction of sp³-hybridized carbons (Fsp3) is 0.250. The topological polar surface area (TPSA) is 61.3 Å². The highest BCUT2D eigenvalue weighted by Gasteiger charge is 2.09. The van der Waals surface area contributed by atoms with Gasteiger partial charge in [-0.15, -0.1) is 22.0 Å². The van der Waals surface area contributed by atoms with E-state index in [1.807, 2.05) is 25.1 Å². The monoisotopic (exact) mass is 400 g/mol. The van der Waals surface area contributed by atoms with E-state index in [4.69, 9.17) is 4.74 Å². The molecule has 0 aliphatic heterocycles. The van der Waals surface area contributed by atoms with Crippen molar-refractivity contribution in [1.82, 2.24) is 10.2 Å². The van der Waals surface area contributed by atoms with E-state index in [0.29, 0.717) is 5.75 Å². The number of methoxy groups -OCH3 is 1. The second-order valence-electron chi connectivity index (χ2n) is 5.95. The van der Waals surface area contributed by atoms with Crippen molar-refractivity contribution in [2.24, 2.45) is 0 Å². The van der Waals surface area contributed by atoms with E-state index in [1.165, 1.54) is 12.7 Å². The Morgan fingerprint density at radius 3 is 2.59 bits per heavy atom. The van der Waals surface area contributed by atoms with Crippen molar-refractivity contribution in [1.29, 1.82) is 0 Å². The molecule has 7 heteroatoms. The number of esters is 1. The van der Waals surface area contributed by atoms with Gasteiger partial charge in [0.15, 0.2) is 6.61 Å². The van der Waals surface area contributed by atoms with Gasteiger partial charge in [0.05, 0.1) is 12.9 Å². The molecule has 0 N–H and O–H groups in total. The lowest BCUT2D eigenvalue weighted by atomic mass is 10.2. The summed E-state index contributed by atoms with van der Waals surface area (Å²) in [7, 11) is 1.34. The molecule has 0 unspecified atom stereocenters. The van der Waals surface area contributed by atoms with Gasteiger partial charge in [0.1, 0.15) is 15.8 Å². The first-order chi connectivity index (χ1) is 13.0. The summed E-state index contributed by atoms with van der Waals surface area (Å²) in [6.45, 7) is 3.94. The summed E-state index contributed by atoms with van der Waals surface area (Å²) < 4.78 is 10.0. The maximum absolute atomic E-state index is 11.2. The van der Waals surface area contributed by atoms with Crippen LogP contribution in [0.1, 0.15) is 16.1 Å². The Morgan fingerprint density at radius 1 is 1.11 bits per heavy atom. The smallest absolute Gasteiger partial charge is 0.343 e. The lowest BCUT2D eigenvalue weighted by molar-refractivity contribution is -0.142. The number of carbonyl (C=O) groups is 1. The molecule has 140 valence electrons. The minimum Gasteiger partial charge on any atom is -0.482 e. The van der Waals surface area contributed by atoms with Crippen molar-refractivity contribution in [3.63, 3.8) is 0 Å². The van der Waals surface area contributed by atoms with E-state index in [1.54, 1.807) is 23.1 Å². The molecule has 0 bridgehead atoms. The highest BCUT2D eigenvalue weighted by molar-refractivity contribution is 7.98. The Labute approximate surface area is 166 Å². The molecule has 0 aliphatic carbocycles. The Hall–Kier alpha value is -2.38. The third kappa shape index (κ3) is 5.30. The van der Waals surface area contributed by atoms with Crippen molar-refractivity contribution < 1.29 is 14.3 Å². The molecule has 1 heterocycles. The van der Waals surface area contributed by atoms with Crippen LogP contribution < -0.4 is 4.74 Å². The summed E-state index contributed by atoms with van der Waals surface area (Å²) in [6, 6.07) is 14.2. The molecule has 1 aromatic heterocycles. The third-order valence-corrected chi connectivity index (χ3v) is 6.01.